The minimum atomic E-state index is -0.371. The van der Waals surface area contributed by atoms with E-state index in [4.69, 9.17) is 16.3 Å². The van der Waals surface area contributed by atoms with Gasteiger partial charge in [-0.1, -0.05) is 23.7 Å². The van der Waals surface area contributed by atoms with E-state index in [1.165, 1.54) is 24.9 Å². The Kier molecular flexibility index (Phi) is 7.50. The fourth-order valence-electron chi connectivity index (χ4n) is 1.89. The van der Waals surface area contributed by atoms with Crippen LogP contribution in [0.2, 0.25) is 5.02 Å². The third-order valence-corrected chi connectivity index (χ3v) is 4.17. The number of hydrogen-bond donors (Lipinski definition) is 1. The molecule has 2 aromatic carbocycles. The molecule has 0 aromatic heterocycles. The van der Waals surface area contributed by atoms with Crippen molar-refractivity contribution in [3.63, 3.8) is 0 Å². The average Bonchev–Trinajstić information content (AvgIpc) is 2.56. The van der Waals surface area contributed by atoms with Gasteiger partial charge < -0.3 is 4.74 Å². The van der Waals surface area contributed by atoms with Gasteiger partial charge in [0.05, 0.1) is 12.0 Å². The molecule has 0 saturated heterocycles. The van der Waals surface area contributed by atoms with Gasteiger partial charge in [-0.25, -0.2) is 5.43 Å². The predicted molar refractivity (Wildman–Crippen MR) is 101 cm³/mol. The Morgan fingerprint density at radius 1 is 1.24 bits per heavy atom. The molecule has 7 heteroatoms. The number of thioether (sulfide) groups is 1. The number of rotatable bonds is 7. The van der Waals surface area contributed by atoms with Crippen molar-refractivity contribution in [3.05, 3.63) is 64.7 Å². The van der Waals surface area contributed by atoms with Crippen molar-refractivity contribution in [2.45, 2.75) is 12.7 Å². The molecule has 0 radical (unpaired) electrons. The summed E-state index contributed by atoms with van der Waals surface area (Å²) >= 11 is 7.40. The highest BCUT2D eigenvalue weighted by molar-refractivity contribution is 7.99. The number of hydrogen-bond acceptors (Lipinski definition) is 5. The Morgan fingerprint density at radius 3 is 2.68 bits per heavy atom. The van der Waals surface area contributed by atoms with Gasteiger partial charge >= 0.3 is 5.97 Å². The van der Waals surface area contributed by atoms with Crippen LogP contribution < -0.4 is 10.2 Å². The van der Waals surface area contributed by atoms with Crippen molar-refractivity contribution in [1.29, 1.82) is 0 Å². The number of hydrazone groups is 1. The first-order valence-electron chi connectivity index (χ1n) is 7.45. The molecule has 0 bridgehead atoms. The molecule has 0 aliphatic rings. The van der Waals surface area contributed by atoms with E-state index in [0.29, 0.717) is 22.3 Å². The SMILES string of the molecule is CC(=O)Oc1ccc(/C=N\NC(=O)CSCc2cccc(Cl)c2)cc1. The Hall–Kier alpha value is -2.31. The minimum Gasteiger partial charge on any atom is -0.427 e. The molecule has 0 fully saturated rings. The molecule has 0 saturated carbocycles. The molecular formula is C18H17ClN2O3S. The topological polar surface area (TPSA) is 67.8 Å². The number of benzene rings is 2. The summed E-state index contributed by atoms with van der Waals surface area (Å²) in [5, 5.41) is 4.59. The summed E-state index contributed by atoms with van der Waals surface area (Å²) in [4.78, 5) is 22.6. The number of ether oxygens (including phenoxy) is 1. The molecule has 2 rings (SSSR count). The van der Waals surface area contributed by atoms with Crippen LogP contribution in [0.25, 0.3) is 0 Å². The molecule has 130 valence electrons. The van der Waals surface area contributed by atoms with Gasteiger partial charge in [-0.2, -0.15) is 5.10 Å². The summed E-state index contributed by atoms with van der Waals surface area (Å²) in [5.74, 6) is 0.916. The largest absolute Gasteiger partial charge is 0.427 e. The van der Waals surface area contributed by atoms with Gasteiger partial charge in [-0.15, -0.1) is 11.8 Å². The van der Waals surface area contributed by atoms with Crippen molar-refractivity contribution in [3.8, 4) is 5.75 Å². The van der Waals surface area contributed by atoms with E-state index < -0.39 is 0 Å². The lowest BCUT2D eigenvalue weighted by Gasteiger charge is -2.02. The molecule has 0 spiro atoms. The van der Waals surface area contributed by atoms with Crippen LogP contribution in [-0.4, -0.2) is 23.8 Å². The smallest absolute Gasteiger partial charge is 0.308 e. The van der Waals surface area contributed by atoms with Crippen molar-refractivity contribution < 1.29 is 14.3 Å². The van der Waals surface area contributed by atoms with Crippen LogP contribution in [0.4, 0.5) is 0 Å². The molecule has 0 atom stereocenters. The number of nitrogens with zero attached hydrogens (tertiary/aromatic N) is 1. The Morgan fingerprint density at radius 2 is 2.00 bits per heavy atom. The summed E-state index contributed by atoms with van der Waals surface area (Å²) < 4.78 is 4.94. The molecular weight excluding hydrogens is 360 g/mol. The van der Waals surface area contributed by atoms with Gasteiger partial charge in [-0.05, 0) is 47.5 Å². The van der Waals surface area contributed by atoms with Gasteiger partial charge in [0, 0.05) is 17.7 Å². The number of carbonyl (C=O) groups is 2. The summed E-state index contributed by atoms with van der Waals surface area (Å²) in [6.45, 7) is 1.34. The van der Waals surface area contributed by atoms with Crippen molar-refractivity contribution in [2.24, 2.45) is 5.10 Å². The summed E-state index contributed by atoms with van der Waals surface area (Å²) in [6.07, 6.45) is 1.52. The third kappa shape index (κ3) is 7.41. The monoisotopic (exact) mass is 376 g/mol. The fraction of sp³-hybridized carbons (Fsp3) is 0.167. The van der Waals surface area contributed by atoms with Crippen LogP contribution in [0.15, 0.2) is 53.6 Å². The van der Waals surface area contributed by atoms with E-state index in [9.17, 15) is 9.59 Å². The third-order valence-electron chi connectivity index (χ3n) is 2.94. The molecule has 0 heterocycles. The first-order chi connectivity index (χ1) is 12.0. The Bertz CT molecular complexity index is 763. The second-order valence-corrected chi connectivity index (χ2v) is 6.50. The highest BCUT2D eigenvalue weighted by Crippen LogP contribution is 2.16. The number of halogens is 1. The number of amides is 1. The Labute approximate surface area is 155 Å². The zero-order valence-electron chi connectivity index (χ0n) is 13.6. The lowest BCUT2D eigenvalue weighted by atomic mass is 10.2. The second-order valence-electron chi connectivity index (χ2n) is 5.08. The second kappa shape index (κ2) is 9.86. The molecule has 0 aliphatic carbocycles. The normalized spacial score (nSPS) is 10.6. The molecule has 1 amide bonds. The van der Waals surface area contributed by atoms with Gasteiger partial charge in [0.25, 0.3) is 0 Å². The van der Waals surface area contributed by atoms with E-state index in [-0.39, 0.29) is 11.9 Å². The Balaban J connectivity index is 1.72. The van der Waals surface area contributed by atoms with E-state index in [1.807, 2.05) is 24.3 Å². The number of nitrogens with one attached hydrogen (secondary N) is 1. The molecule has 0 aliphatic heterocycles. The van der Waals surface area contributed by atoms with Crippen LogP contribution >= 0.6 is 23.4 Å². The minimum absolute atomic E-state index is 0.181. The molecule has 2 aromatic rings. The summed E-state index contributed by atoms with van der Waals surface area (Å²) in [6, 6.07) is 14.3. The van der Waals surface area contributed by atoms with Crippen LogP contribution in [0.1, 0.15) is 18.1 Å². The summed E-state index contributed by atoms with van der Waals surface area (Å²) in [5.41, 5.74) is 4.33. The fourth-order valence-corrected chi connectivity index (χ4v) is 2.87. The van der Waals surface area contributed by atoms with Crippen molar-refractivity contribution >= 4 is 41.5 Å². The molecule has 25 heavy (non-hydrogen) atoms. The quantitative estimate of drug-likeness (QED) is 0.346. The van der Waals surface area contributed by atoms with Crippen LogP contribution in [0.3, 0.4) is 0 Å². The maximum Gasteiger partial charge on any atom is 0.308 e. The molecule has 5 nitrogen and oxygen atoms in total. The van der Waals surface area contributed by atoms with E-state index in [0.717, 1.165) is 11.1 Å². The maximum absolute atomic E-state index is 11.7. The van der Waals surface area contributed by atoms with Gasteiger partial charge in [0.15, 0.2) is 0 Å². The first kappa shape index (κ1) is 19.0. The van der Waals surface area contributed by atoms with Crippen molar-refractivity contribution in [2.75, 3.05) is 5.75 Å². The standard InChI is InChI=1S/C18H17ClN2O3S/c1-13(22)24-17-7-5-14(6-8-17)10-20-21-18(23)12-25-11-15-3-2-4-16(19)9-15/h2-10H,11-12H2,1H3,(H,21,23)/b20-10-. The molecule has 0 unspecified atom stereocenters. The van der Waals surface area contributed by atoms with E-state index in [1.54, 1.807) is 24.3 Å². The van der Waals surface area contributed by atoms with Gasteiger partial charge in [-0.3, -0.25) is 9.59 Å². The molecule has 1 N–H and O–H groups in total. The highest BCUT2D eigenvalue weighted by Gasteiger charge is 2.01. The highest BCUT2D eigenvalue weighted by atomic mass is 35.5. The maximum atomic E-state index is 11.7. The first-order valence-corrected chi connectivity index (χ1v) is 8.99. The van der Waals surface area contributed by atoms with E-state index in [2.05, 4.69) is 10.5 Å². The summed E-state index contributed by atoms with van der Waals surface area (Å²) in [7, 11) is 0. The predicted octanol–water partition coefficient (Wildman–Crippen LogP) is 3.65. The van der Waals surface area contributed by atoms with E-state index >= 15 is 0 Å². The van der Waals surface area contributed by atoms with Crippen LogP contribution in [0, 0.1) is 0 Å². The van der Waals surface area contributed by atoms with Crippen LogP contribution in [-0.2, 0) is 15.3 Å². The average molecular weight is 377 g/mol. The number of carbonyl (C=O) groups excluding carboxylic acids is 2. The zero-order valence-corrected chi connectivity index (χ0v) is 15.1. The van der Waals surface area contributed by atoms with Gasteiger partial charge in [0.1, 0.15) is 5.75 Å². The lowest BCUT2D eigenvalue weighted by molar-refractivity contribution is -0.131. The number of esters is 1. The van der Waals surface area contributed by atoms with Crippen molar-refractivity contribution in [1.82, 2.24) is 5.43 Å². The lowest BCUT2D eigenvalue weighted by Crippen LogP contribution is -2.19. The zero-order chi connectivity index (χ0) is 18.1. The van der Waals surface area contributed by atoms with Gasteiger partial charge in [0.2, 0.25) is 5.91 Å². The van der Waals surface area contributed by atoms with Crippen LogP contribution in [0.5, 0.6) is 5.75 Å².